The maximum absolute atomic E-state index is 12.1. The van der Waals surface area contributed by atoms with Crippen LogP contribution in [0.5, 0.6) is 0 Å². The Kier molecular flexibility index (Phi) is 5.18. The molecule has 0 fully saturated rings. The van der Waals surface area contributed by atoms with Crippen LogP contribution < -0.4 is 10.2 Å². The Morgan fingerprint density at radius 1 is 1.30 bits per heavy atom. The van der Waals surface area contributed by atoms with Crippen molar-refractivity contribution in [3.8, 4) is 0 Å². The predicted molar refractivity (Wildman–Crippen MR) is 91.2 cm³/mol. The number of carbonyl (C=O) groups is 1. The molecule has 0 aliphatic rings. The maximum Gasteiger partial charge on any atom is 0.271 e. The average Bonchev–Trinajstić information content (AvgIpc) is 2.47. The number of amides is 1. The summed E-state index contributed by atoms with van der Waals surface area (Å²) in [5.74, 6) is -0.201. The zero-order chi connectivity index (χ0) is 17.0. The molecule has 0 radical (unpaired) electrons. The lowest BCUT2D eigenvalue weighted by atomic mass is 10.1. The summed E-state index contributed by atoms with van der Waals surface area (Å²) in [6.07, 6.45) is 0. The summed E-state index contributed by atoms with van der Waals surface area (Å²) in [5, 5.41) is 13.9. The van der Waals surface area contributed by atoms with Crippen molar-refractivity contribution >= 4 is 34.6 Å². The van der Waals surface area contributed by atoms with Crippen LogP contribution in [-0.4, -0.2) is 24.4 Å². The van der Waals surface area contributed by atoms with E-state index < -0.39 is 4.92 Å². The van der Waals surface area contributed by atoms with Crippen LogP contribution in [-0.2, 0) is 4.79 Å². The minimum Gasteiger partial charge on any atom is -0.364 e. The molecule has 2 aromatic carbocycles. The molecule has 7 heteroatoms. The summed E-state index contributed by atoms with van der Waals surface area (Å²) in [6, 6.07) is 11.8. The molecule has 120 valence electrons. The molecule has 0 unspecified atom stereocenters. The molecule has 0 spiro atoms. The van der Waals surface area contributed by atoms with Gasteiger partial charge in [0.05, 0.1) is 22.2 Å². The predicted octanol–water partition coefficient (Wildman–Crippen LogP) is 3.63. The Hall–Kier alpha value is -2.60. The van der Waals surface area contributed by atoms with Gasteiger partial charge in [0.15, 0.2) is 0 Å². The second-order valence-corrected chi connectivity index (χ2v) is 5.53. The first kappa shape index (κ1) is 16.8. The lowest BCUT2D eigenvalue weighted by Crippen LogP contribution is -2.30. The van der Waals surface area contributed by atoms with Gasteiger partial charge in [0, 0.05) is 24.9 Å². The zero-order valence-corrected chi connectivity index (χ0v) is 13.5. The van der Waals surface area contributed by atoms with E-state index in [1.54, 1.807) is 31.0 Å². The van der Waals surface area contributed by atoms with Crippen molar-refractivity contribution in [1.82, 2.24) is 0 Å². The molecule has 1 amide bonds. The number of benzene rings is 2. The number of para-hydroxylation sites is 1. The van der Waals surface area contributed by atoms with Crippen LogP contribution in [0.1, 0.15) is 5.56 Å². The van der Waals surface area contributed by atoms with Gasteiger partial charge >= 0.3 is 0 Å². The van der Waals surface area contributed by atoms with E-state index in [0.717, 1.165) is 0 Å². The molecule has 0 atom stereocenters. The largest absolute Gasteiger partial charge is 0.364 e. The van der Waals surface area contributed by atoms with Crippen molar-refractivity contribution in [2.45, 2.75) is 6.92 Å². The van der Waals surface area contributed by atoms with E-state index in [-0.39, 0.29) is 23.2 Å². The van der Waals surface area contributed by atoms with Gasteiger partial charge in [-0.1, -0.05) is 29.8 Å². The Bertz CT molecular complexity index is 712. The zero-order valence-electron chi connectivity index (χ0n) is 12.7. The number of likely N-dealkylation sites (N-methyl/N-ethyl adjacent to an activating group) is 1. The molecular weight excluding hydrogens is 318 g/mol. The lowest BCUT2D eigenvalue weighted by Gasteiger charge is -2.22. The number of rotatable bonds is 5. The van der Waals surface area contributed by atoms with E-state index in [9.17, 15) is 14.9 Å². The van der Waals surface area contributed by atoms with E-state index in [1.165, 1.54) is 12.1 Å². The first-order valence-corrected chi connectivity index (χ1v) is 7.27. The van der Waals surface area contributed by atoms with E-state index >= 15 is 0 Å². The number of nitrogens with zero attached hydrogens (tertiary/aromatic N) is 2. The highest BCUT2D eigenvalue weighted by Crippen LogP contribution is 2.33. The molecule has 0 bridgehead atoms. The van der Waals surface area contributed by atoms with Crippen LogP contribution in [0.25, 0.3) is 0 Å². The smallest absolute Gasteiger partial charge is 0.271 e. The minimum absolute atomic E-state index is 0.0709. The van der Waals surface area contributed by atoms with Crippen LogP contribution in [0.4, 0.5) is 17.1 Å². The minimum atomic E-state index is -0.495. The standard InChI is InChI=1S/C16H16ClN3O3/c1-11-8-13(20(22)23)9-14(17)16(11)19(2)10-15(21)18-12-6-4-3-5-7-12/h3-9H,10H2,1-2H3,(H,18,21). The van der Waals surface area contributed by atoms with Crippen molar-refractivity contribution in [2.75, 3.05) is 23.8 Å². The van der Waals surface area contributed by atoms with Gasteiger partial charge in [0.1, 0.15) is 0 Å². The highest BCUT2D eigenvalue weighted by Gasteiger charge is 2.17. The van der Waals surface area contributed by atoms with Crippen LogP contribution >= 0.6 is 11.6 Å². The Balaban J connectivity index is 2.13. The van der Waals surface area contributed by atoms with Crippen molar-refractivity contribution < 1.29 is 9.72 Å². The number of nitro groups is 1. The topological polar surface area (TPSA) is 75.5 Å². The summed E-state index contributed by atoms with van der Waals surface area (Å²) < 4.78 is 0. The maximum atomic E-state index is 12.1. The molecule has 2 aromatic rings. The van der Waals surface area contributed by atoms with Crippen molar-refractivity contribution in [3.05, 3.63) is 63.2 Å². The van der Waals surface area contributed by atoms with Gasteiger partial charge in [-0.3, -0.25) is 14.9 Å². The third-order valence-corrected chi connectivity index (χ3v) is 3.56. The number of anilines is 2. The van der Waals surface area contributed by atoms with Crippen LogP contribution in [0.3, 0.4) is 0 Å². The normalized spacial score (nSPS) is 10.2. The third kappa shape index (κ3) is 4.20. The van der Waals surface area contributed by atoms with Gasteiger partial charge in [-0.2, -0.15) is 0 Å². The molecule has 6 nitrogen and oxygen atoms in total. The highest BCUT2D eigenvalue weighted by molar-refractivity contribution is 6.33. The quantitative estimate of drug-likeness (QED) is 0.669. The van der Waals surface area contributed by atoms with Crippen LogP contribution in [0.2, 0.25) is 5.02 Å². The van der Waals surface area contributed by atoms with Crippen LogP contribution in [0.15, 0.2) is 42.5 Å². The summed E-state index contributed by atoms with van der Waals surface area (Å²) >= 11 is 6.14. The fourth-order valence-corrected chi connectivity index (χ4v) is 2.73. The number of nitro benzene ring substituents is 1. The number of non-ortho nitro benzene ring substituents is 1. The lowest BCUT2D eigenvalue weighted by molar-refractivity contribution is -0.384. The Morgan fingerprint density at radius 3 is 2.52 bits per heavy atom. The van der Waals surface area contributed by atoms with E-state index in [1.807, 2.05) is 18.2 Å². The summed E-state index contributed by atoms with van der Waals surface area (Å²) in [7, 11) is 1.71. The number of nitrogens with one attached hydrogen (secondary N) is 1. The SMILES string of the molecule is Cc1cc([N+](=O)[O-])cc(Cl)c1N(C)CC(=O)Nc1ccccc1. The number of hydrogen-bond donors (Lipinski definition) is 1. The number of carbonyl (C=O) groups excluding carboxylic acids is 1. The molecular formula is C16H16ClN3O3. The third-order valence-electron chi connectivity index (χ3n) is 3.27. The van der Waals surface area contributed by atoms with Gasteiger partial charge in [0.2, 0.25) is 5.91 Å². The number of aryl methyl sites for hydroxylation is 1. The van der Waals surface area contributed by atoms with Crippen molar-refractivity contribution in [1.29, 1.82) is 0 Å². The summed E-state index contributed by atoms with van der Waals surface area (Å²) in [5.41, 5.74) is 1.87. The molecule has 0 aliphatic carbocycles. The van der Waals surface area contributed by atoms with Crippen LogP contribution in [0, 0.1) is 17.0 Å². The average molecular weight is 334 g/mol. The van der Waals surface area contributed by atoms with Crippen molar-refractivity contribution in [2.24, 2.45) is 0 Å². The second-order valence-electron chi connectivity index (χ2n) is 5.12. The van der Waals surface area contributed by atoms with Gasteiger partial charge < -0.3 is 10.2 Å². The molecule has 2 rings (SSSR count). The molecule has 0 saturated carbocycles. The first-order valence-electron chi connectivity index (χ1n) is 6.89. The van der Waals surface area contributed by atoms with E-state index in [2.05, 4.69) is 5.32 Å². The van der Waals surface area contributed by atoms with Gasteiger partial charge in [0.25, 0.3) is 5.69 Å². The van der Waals surface area contributed by atoms with E-state index in [4.69, 9.17) is 11.6 Å². The second kappa shape index (κ2) is 7.11. The Labute approximate surface area is 138 Å². The van der Waals surface area contributed by atoms with Gasteiger partial charge in [-0.25, -0.2) is 0 Å². The molecule has 23 heavy (non-hydrogen) atoms. The summed E-state index contributed by atoms with van der Waals surface area (Å²) in [4.78, 5) is 24.1. The van der Waals surface area contributed by atoms with Gasteiger partial charge in [-0.05, 0) is 24.6 Å². The van der Waals surface area contributed by atoms with E-state index in [0.29, 0.717) is 16.9 Å². The fraction of sp³-hybridized carbons (Fsp3) is 0.188. The monoisotopic (exact) mass is 333 g/mol. The summed E-state index contributed by atoms with van der Waals surface area (Å²) in [6.45, 7) is 1.80. The van der Waals surface area contributed by atoms with Crippen molar-refractivity contribution in [3.63, 3.8) is 0 Å². The Morgan fingerprint density at radius 2 is 1.96 bits per heavy atom. The number of hydrogen-bond acceptors (Lipinski definition) is 4. The molecule has 0 heterocycles. The molecule has 0 aliphatic heterocycles. The first-order chi connectivity index (χ1) is 10.9. The molecule has 1 N–H and O–H groups in total. The molecule has 0 aromatic heterocycles. The molecule has 0 saturated heterocycles. The highest BCUT2D eigenvalue weighted by atomic mass is 35.5. The number of halogens is 1. The van der Waals surface area contributed by atoms with Gasteiger partial charge in [-0.15, -0.1) is 0 Å². The fourth-order valence-electron chi connectivity index (χ4n) is 2.32.